The molecule has 5 rings (SSSR count). The van der Waals surface area contributed by atoms with Gasteiger partial charge in [0.25, 0.3) is 5.91 Å². The lowest BCUT2D eigenvalue weighted by Crippen LogP contribution is -2.44. The number of piperazine rings is 1. The van der Waals surface area contributed by atoms with Crippen LogP contribution in [0.4, 0.5) is 17.5 Å². The molecular weight excluding hydrogens is 428 g/mol. The normalized spacial score (nSPS) is 16.0. The summed E-state index contributed by atoms with van der Waals surface area (Å²) in [6.07, 6.45) is 9.34. The van der Waals surface area contributed by atoms with E-state index in [2.05, 4.69) is 40.8 Å². The second kappa shape index (κ2) is 9.96. The van der Waals surface area contributed by atoms with Gasteiger partial charge in [-0.05, 0) is 43.5 Å². The number of nitrogens with zero attached hydrogens (tertiary/aromatic N) is 5. The van der Waals surface area contributed by atoms with Crippen LogP contribution in [-0.2, 0) is 0 Å². The summed E-state index contributed by atoms with van der Waals surface area (Å²) in [5, 5.41) is 9.60. The van der Waals surface area contributed by atoms with Gasteiger partial charge >= 0.3 is 0 Å². The number of carbonyl (C=O) groups excluding carboxylic acids is 1. The Kier molecular flexibility index (Phi) is 6.44. The van der Waals surface area contributed by atoms with Crippen LogP contribution in [0.1, 0.15) is 40.3 Å². The molecular formula is C25H28N8O. The summed E-state index contributed by atoms with van der Waals surface area (Å²) in [5.41, 5.74) is 2.32. The number of rotatable bonds is 7. The van der Waals surface area contributed by atoms with Crippen LogP contribution in [0.5, 0.6) is 0 Å². The van der Waals surface area contributed by atoms with Gasteiger partial charge in [0.05, 0.1) is 18.1 Å². The Morgan fingerprint density at radius 2 is 1.91 bits per heavy atom. The molecule has 3 aromatic rings. The van der Waals surface area contributed by atoms with E-state index >= 15 is 0 Å². The predicted octanol–water partition coefficient (Wildman–Crippen LogP) is 2.79. The first-order valence-electron chi connectivity index (χ1n) is 11.6. The molecule has 0 atom stereocenters. The van der Waals surface area contributed by atoms with Gasteiger partial charge in [0.1, 0.15) is 23.3 Å². The van der Waals surface area contributed by atoms with Crippen LogP contribution >= 0.6 is 0 Å². The molecule has 1 amide bonds. The SMILES string of the molecule is Cc1nc(Nc2cnc(/C=C/c3cccc(C(=O)NC4CC4)c3)cn2)cc(N2CCNCC2)n1. The number of amides is 1. The third-order valence-electron chi connectivity index (χ3n) is 5.70. The van der Waals surface area contributed by atoms with Crippen molar-refractivity contribution in [2.75, 3.05) is 36.4 Å². The van der Waals surface area contributed by atoms with E-state index in [1.165, 1.54) is 0 Å². The van der Waals surface area contributed by atoms with Crippen molar-refractivity contribution in [2.24, 2.45) is 0 Å². The van der Waals surface area contributed by atoms with Crippen LogP contribution in [0, 0.1) is 6.92 Å². The molecule has 2 aromatic heterocycles. The van der Waals surface area contributed by atoms with E-state index in [4.69, 9.17) is 0 Å². The number of hydrogen-bond donors (Lipinski definition) is 3. The average Bonchev–Trinajstić information content (AvgIpc) is 3.68. The van der Waals surface area contributed by atoms with E-state index in [9.17, 15) is 4.79 Å². The maximum atomic E-state index is 12.3. The number of carbonyl (C=O) groups is 1. The minimum atomic E-state index is -0.0203. The zero-order valence-electron chi connectivity index (χ0n) is 19.2. The minimum absolute atomic E-state index is 0.0203. The maximum Gasteiger partial charge on any atom is 0.251 e. The third-order valence-corrected chi connectivity index (χ3v) is 5.70. The summed E-state index contributed by atoms with van der Waals surface area (Å²) < 4.78 is 0. The zero-order chi connectivity index (χ0) is 23.3. The predicted molar refractivity (Wildman–Crippen MR) is 133 cm³/mol. The third kappa shape index (κ3) is 5.74. The number of anilines is 3. The molecule has 1 aromatic carbocycles. The Morgan fingerprint density at radius 1 is 1.06 bits per heavy atom. The van der Waals surface area contributed by atoms with Crippen LogP contribution < -0.4 is 20.9 Å². The number of nitrogens with one attached hydrogen (secondary N) is 3. The van der Waals surface area contributed by atoms with Gasteiger partial charge in [-0.25, -0.2) is 15.0 Å². The fraction of sp³-hybridized carbons (Fsp3) is 0.320. The molecule has 0 spiro atoms. The van der Waals surface area contributed by atoms with Gasteiger partial charge in [-0.2, -0.15) is 0 Å². The molecule has 3 heterocycles. The summed E-state index contributed by atoms with van der Waals surface area (Å²) in [4.78, 5) is 32.5. The lowest BCUT2D eigenvalue weighted by atomic mass is 10.1. The molecule has 2 aliphatic rings. The van der Waals surface area contributed by atoms with Crippen molar-refractivity contribution in [3.05, 3.63) is 65.4 Å². The van der Waals surface area contributed by atoms with Crippen molar-refractivity contribution in [3.8, 4) is 0 Å². The second-order valence-electron chi connectivity index (χ2n) is 8.55. The topological polar surface area (TPSA) is 108 Å². The molecule has 9 heteroatoms. The molecule has 0 radical (unpaired) electrons. The molecule has 3 N–H and O–H groups in total. The van der Waals surface area contributed by atoms with Crippen LogP contribution in [0.2, 0.25) is 0 Å². The highest BCUT2D eigenvalue weighted by Gasteiger charge is 2.23. The van der Waals surface area contributed by atoms with Gasteiger partial charge in [0, 0.05) is 43.9 Å². The van der Waals surface area contributed by atoms with Gasteiger partial charge in [0.15, 0.2) is 0 Å². The largest absolute Gasteiger partial charge is 0.354 e. The zero-order valence-corrected chi connectivity index (χ0v) is 19.2. The number of hydrogen-bond acceptors (Lipinski definition) is 8. The fourth-order valence-electron chi connectivity index (χ4n) is 3.75. The highest BCUT2D eigenvalue weighted by atomic mass is 16.1. The van der Waals surface area contributed by atoms with Crippen molar-refractivity contribution >= 4 is 35.5 Å². The number of aromatic nitrogens is 4. The monoisotopic (exact) mass is 456 g/mol. The highest BCUT2D eigenvalue weighted by Crippen LogP contribution is 2.20. The van der Waals surface area contributed by atoms with E-state index < -0.39 is 0 Å². The molecule has 0 bridgehead atoms. The Labute approximate surface area is 198 Å². The van der Waals surface area contributed by atoms with Crippen LogP contribution in [0.3, 0.4) is 0 Å². The smallest absolute Gasteiger partial charge is 0.251 e. The maximum absolute atomic E-state index is 12.3. The summed E-state index contributed by atoms with van der Waals surface area (Å²) in [6.45, 7) is 5.63. The van der Waals surface area contributed by atoms with Gasteiger partial charge < -0.3 is 20.9 Å². The number of aryl methyl sites for hydroxylation is 1. The molecule has 1 aliphatic heterocycles. The molecule has 34 heavy (non-hydrogen) atoms. The van der Waals surface area contributed by atoms with Gasteiger partial charge in [-0.3, -0.25) is 9.78 Å². The molecule has 1 saturated carbocycles. The van der Waals surface area contributed by atoms with Crippen molar-refractivity contribution in [3.63, 3.8) is 0 Å². The Bertz CT molecular complexity index is 1180. The van der Waals surface area contributed by atoms with E-state index in [1.54, 1.807) is 12.4 Å². The summed E-state index contributed by atoms with van der Waals surface area (Å²) in [5.74, 6) is 2.91. The summed E-state index contributed by atoms with van der Waals surface area (Å²) in [7, 11) is 0. The van der Waals surface area contributed by atoms with Crippen LogP contribution in [-0.4, -0.2) is 58.1 Å². The molecule has 2 fully saturated rings. The van der Waals surface area contributed by atoms with Crippen molar-refractivity contribution < 1.29 is 4.79 Å². The lowest BCUT2D eigenvalue weighted by molar-refractivity contribution is 0.0951. The first kappa shape index (κ1) is 22.0. The Morgan fingerprint density at radius 3 is 2.68 bits per heavy atom. The van der Waals surface area contributed by atoms with Gasteiger partial charge in [0.2, 0.25) is 0 Å². The van der Waals surface area contributed by atoms with Gasteiger partial charge in [-0.15, -0.1) is 0 Å². The van der Waals surface area contributed by atoms with E-state index in [0.717, 1.165) is 56.1 Å². The average molecular weight is 457 g/mol. The molecule has 1 saturated heterocycles. The van der Waals surface area contributed by atoms with E-state index in [-0.39, 0.29) is 5.91 Å². The quantitative estimate of drug-likeness (QED) is 0.498. The Hall–Kier alpha value is -3.85. The minimum Gasteiger partial charge on any atom is -0.354 e. The molecule has 174 valence electrons. The van der Waals surface area contributed by atoms with E-state index in [1.807, 2.05) is 49.4 Å². The van der Waals surface area contributed by atoms with Crippen molar-refractivity contribution in [1.82, 2.24) is 30.6 Å². The summed E-state index contributed by atoms with van der Waals surface area (Å²) >= 11 is 0. The van der Waals surface area contributed by atoms with Crippen molar-refractivity contribution in [1.29, 1.82) is 0 Å². The first-order chi connectivity index (χ1) is 16.6. The lowest BCUT2D eigenvalue weighted by Gasteiger charge is -2.28. The second-order valence-corrected chi connectivity index (χ2v) is 8.55. The molecule has 9 nitrogen and oxygen atoms in total. The first-order valence-corrected chi connectivity index (χ1v) is 11.6. The van der Waals surface area contributed by atoms with E-state index in [0.29, 0.717) is 29.1 Å². The fourth-order valence-corrected chi connectivity index (χ4v) is 3.75. The van der Waals surface area contributed by atoms with Crippen molar-refractivity contribution in [2.45, 2.75) is 25.8 Å². The molecule has 1 aliphatic carbocycles. The standard InChI is InChI=1S/C25H28N8O/c1-17-29-22(14-24(30-17)33-11-9-26-10-12-33)32-23-16-27-21(15-28-23)6-5-18-3-2-4-19(13-18)25(34)31-20-7-8-20/h2-6,13-16,20,26H,7-12H2,1H3,(H,31,34)(H,28,29,30,32)/b6-5+. The van der Waals surface area contributed by atoms with Gasteiger partial charge in [-0.1, -0.05) is 18.2 Å². The molecule has 0 unspecified atom stereocenters. The van der Waals surface area contributed by atoms with Crippen LogP contribution in [0.15, 0.2) is 42.7 Å². The highest BCUT2D eigenvalue weighted by molar-refractivity contribution is 5.95. The Balaban J connectivity index is 1.23. The summed E-state index contributed by atoms with van der Waals surface area (Å²) in [6, 6.07) is 9.84. The number of benzene rings is 1. The van der Waals surface area contributed by atoms with Crippen LogP contribution in [0.25, 0.3) is 12.2 Å².